The van der Waals surface area contributed by atoms with Crippen LogP contribution in [0.25, 0.3) is 10.6 Å². The van der Waals surface area contributed by atoms with Gasteiger partial charge < -0.3 is 5.32 Å². The highest BCUT2D eigenvalue weighted by Crippen LogP contribution is 2.23. The van der Waals surface area contributed by atoms with Gasteiger partial charge in [0.2, 0.25) is 0 Å². The van der Waals surface area contributed by atoms with Crippen LogP contribution in [0.4, 0.5) is 4.39 Å². The van der Waals surface area contributed by atoms with Gasteiger partial charge in [0.15, 0.2) is 0 Å². The van der Waals surface area contributed by atoms with Gasteiger partial charge in [-0.25, -0.2) is 9.37 Å². The zero-order valence-electron chi connectivity index (χ0n) is 11.6. The molecule has 20 heavy (non-hydrogen) atoms. The molecular formula is C15H19FN2S2. The predicted molar refractivity (Wildman–Crippen MR) is 86.8 cm³/mol. The maximum atomic E-state index is 12.9. The van der Waals surface area contributed by atoms with E-state index in [0.717, 1.165) is 29.4 Å². The monoisotopic (exact) mass is 310 g/mol. The number of aromatic nitrogens is 1. The number of halogens is 1. The average Bonchev–Trinajstić information content (AvgIpc) is 2.92. The fraction of sp³-hybridized carbons (Fsp3) is 0.400. The van der Waals surface area contributed by atoms with Crippen molar-refractivity contribution in [2.45, 2.75) is 19.4 Å². The van der Waals surface area contributed by atoms with Crippen molar-refractivity contribution < 1.29 is 4.39 Å². The standard InChI is InChI=1S/C15H19FN2S2/c1-19-9-3-2-8-17-10-14-11-20-15(18-14)12-4-6-13(16)7-5-12/h4-7,11,17H,2-3,8-10H2,1H3. The molecule has 0 fully saturated rings. The van der Waals surface area contributed by atoms with Crippen molar-refractivity contribution in [1.29, 1.82) is 0 Å². The van der Waals surface area contributed by atoms with Gasteiger partial charge in [0, 0.05) is 17.5 Å². The lowest BCUT2D eigenvalue weighted by molar-refractivity contribution is 0.628. The molecule has 2 nitrogen and oxygen atoms in total. The Morgan fingerprint density at radius 2 is 2.05 bits per heavy atom. The van der Waals surface area contributed by atoms with E-state index in [4.69, 9.17) is 0 Å². The minimum atomic E-state index is -0.211. The normalized spacial score (nSPS) is 10.9. The minimum absolute atomic E-state index is 0.211. The van der Waals surface area contributed by atoms with Crippen LogP contribution in [0, 0.1) is 5.82 Å². The summed E-state index contributed by atoms with van der Waals surface area (Å²) in [5.41, 5.74) is 2.03. The molecule has 0 aliphatic heterocycles. The van der Waals surface area contributed by atoms with Gasteiger partial charge >= 0.3 is 0 Å². The number of nitrogens with one attached hydrogen (secondary N) is 1. The molecule has 5 heteroatoms. The summed E-state index contributed by atoms with van der Waals surface area (Å²) >= 11 is 3.50. The fourth-order valence-electron chi connectivity index (χ4n) is 1.83. The van der Waals surface area contributed by atoms with Gasteiger partial charge in [0.25, 0.3) is 0 Å². The molecule has 0 atom stereocenters. The molecular weight excluding hydrogens is 291 g/mol. The Balaban J connectivity index is 1.79. The van der Waals surface area contributed by atoms with Crippen molar-refractivity contribution in [3.63, 3.8) is 0 Å². The van der Waals surface area contributed by atoms with E-state index in [1.165, 1.54) is 30.7 Å². The Bertz CT molecular complexity index is 511. The van der Waals surface area contributed by atoms with Crippen molar-refractivity contribution in [3.05, 3.63) is 41.2 Å². The number of benzene rings is 1. The number of thiazole rings is 1. The van der Waals surface area contributed by atoms with Crippen LogP contribution in [0.3, 0.4) is 0 Å². The molecule has 0 radical (unpaired) electrons. The molecule has 0 saturated carbocycles. The Morgan fingerprint density at radius 3 is 2.80 bits per heavy atom. The molecule has 0 amide bonds. The second kappa shape index (κ2) is 8.39. The molecule has 2 aromatic rings. The first-order valence-electron chi connectivity index (χ1n) is 6.69. The van der Waals surface area contributed by atoms with Crippen LogP contribution in [0.5, 0.6) is 0 Å². The highest BCUT2D eigenvalue weighted by molar-refractivity contribution is 7.98. The van der Waals surface area contributed by atoms with Crippen LogP contribution < -0.4 is 5.32 Å². The van der Waals surface area contributed by atoms with Crippen molar-refractivity contribution in [2.24, 2.45) is 0 Å². The fourth-order valence-corrected chi connectivity index (χ4v) is 3.14. The smallest absolute Gasteiger partial charge is 0.123 e. The number of nitrogens with zero attached hydrogens (tertiary/aromatic N) is 1. The maximum absolute atomic E-state index is 12.9. The van der Waals surface area contributed by atoms with E-state index in [1.54, 1.807) is 23.5 Å². The summed E-state index contributed by atoms with van der Waals surface area (Å²) < 4.78 is 12.9. The van der Waals surface area contributed by atoms with Crippen LogP contribution in [0.2, 0.25) is 0 Å². The molecule has 1 N–H and O–H groups in total. The lowest BCUT2D eigenvalue weighted by atomic mass is 10.2. The largest absolute Gasteiger partial charge is 0.311 e. The second-order valence-corrected chi connectivity index (χ2v) is 6.37. The third-order valence-electron chi connectivity index (χ3n) is 2.90. The van der Waals surface area contributed by atoms with E-state index >= 15 is 0 Å². The van der Waals surface area contributed by atoms with E-state index in [-0.39, 0.29) is 5.82 Å². The topological polar surface area (TPSA) is 24.9 Å². The first-order valence-corrected chi connectivity index (χ1v) is 8.97. The van der Waals surface area contributed by atoms with E-state index in [0.29, 0.717) is 0 Å². The van der Waals surface area contributed by atoms with Crippen molar-refractivity contribution >= 4 is 23.1 Å². The molecule has 1 heterocycles. The van der Waals surface area contributed by atoms with Crippen LogP contribution in [-0.2, 0) is 6.54 Å². The molecule has 0 spiro atoms. The zero-order valence-corrected chi connectivity index (χ0v) is 13.2. The Labute approximate surface area is 127 Å². The van der Waals surface area contributed by atoms with Gasteiger partial charge in [-0.2, -0.15) is 11.8 Å². The van der Waals surface area contributed by atoms with Crippen LogP contribution in [0.1, 0.15) is 18.5 Å². The lowest BCUT2D eigenvalue weighted by Crippen LogP contribution is -2.15. The summed E-state index contributed by atoms with van der Waals surface area (Å²) in [5.74, 6) is 1.02. The molecule has 0 aliphatic rings. The van der Waals surface area contributed by atoms with Gasteiger partial charge in [-0.15, -0.1) is 11.3 Å². The number of rotatable bonds is 8. The second-order valence-electron chi connectivity index (χ2n) is 4.53. The van der Waals surface area contributed by atoms with E-state index < -0.39 is 0 Å². The molecule has 2 rings (SSSR count). The molecule has 108 valence electrons. The highest BCUT2D eigenvalue weighted by Gasteiger charge is 2.04. The number of thioether (sulfide) groups is 1. The van der Waals surface area contributed by atoms with Crippen molar-refractivity contribution in [3.8, 4) is 10.6 Å². The molecule has 0 aliphatic carbocycles. The third kappa shape index (κ3) is 4.89. The first kappa shape index (κ1) is 15.5. The third-order valence-corrected chi connectivity index (χ3v) is 4.54. The summed E-state index contributed by atoms with van der Waals surface area (Å²) in [7, 11) is 0. The molecule has 0 bridgehead atoms. The quantitative estimate of drug-likeness (QED) is 0.740. The summed E-state index contributed by atoms with van der Waals surface area (Å²) in [5, 5.41) is 6.42. The van der Waals surface area contributed by atoms with Crippen molar-refractivity contribution in [1.82, 2.24) is 10.3 Å². The SMILES string of the molecule is CSCCCCNCc1csc(-c2ccc(F)cc2)n1. The van der Waals surface area contributed by atoms with E-state index in [2.05, 4.69) is 21.9 Å². The van der Waals surface area contributed by atoms with Crippen LogP contribution in [-0.4, -0.2) is 23.5 Å². The minimum Gasteiger partial charge on any atom is -0.311 e. The first-order chi connectivity index (χ1) is 9.79. The molecule has 1 aromatic carbocycles. The van der Waals surface area contributed by atoms with Crippen molar-refractivity contribution in [2.75, 3.05) is 18.6 Å². The summed E-state index contributed by atoms with van der Waals surface area (Å²) in [4.78, 5) is 4.57. The van der Waals surface area contributed by atoms with E-state index in [1.807, 2.05) is 11.8 Å². The van der Waals surface area contributed by atoms with Gasteiger partial charge in [0.05, 0.1) is 5.69 Å². The number of hydrogen-bond acceptors (Lipinski definition) is 4. The van der Waals surface area contributed by atoms with Crippen LogP contribution in [0.15, 0.2) is 29.6 Å². The number of unbranched alkanes of at least 4 members (excludes halogenated alkanes) is 1. The van der Waals surface area contributed by atoms with E-state index in [9.17, 15) is 4.39 Å². The number of hydrogen-bond donors (Lipinski definition) is 1. The van der Waals surface area contributed by atoms with Gasteiger partial charge in [-0.1, -0.05) is 0 Å². The zero-order chi connectivity index (χ0) is 14.2. The van der Waals surface area contributed by atoms with Gasteiger partial charge in [-0.3, -0.25) is 0 Å². The Morgan fingerprint density at radius 1 is 1.25 bits per heavy atom. The molecule has 0 saturated heterocycles. The lowest BCUT2D eigenvalue weighted by Gasteiger charge is -2.01. The van der Waals surface area contributed by atoms with Gasteiger partial charge in [-0.05, 0) is 55.7 Å². The molecule has 0 unspecified atom stereocenters. The summed E-state index contributed by atoms with van der Waals surface area (Å²) in [6.45, 7) is 1.83. The summed E-state index contributed by atoms with van der Waals surface area (Å²) in [6.07, 6.45) is 4.60. The summed E-state index contributed by atoms with van der Waals surface area (Å²) in [6, 6.07) is 6.49. The Hall–Kier alpha value is -0.910. The van der Waals surface area contributed by atoms with Gasteiger partial charge in [0.1, 0.15) is 10.8 Å². The predicted octanol–water partition coefficient (Wildman–Crippen LogP) is 4.18. The maximum Gasteiger partial charge on any atom is 0.123 e. The average molecular weight is 310 g/mol. The van der Waals surface area contributed by atoms with Crippen LogP contribution >= 0.6 is 23.1 Å². The highest BCUT2D eigenvalue weighted by atomic mass is 32.2. The Kier molecular flexibility index (Phi) is 6.50. The molecule has 1 aromatic heterocycles.